The molecule has 5 nitrogen and oxygen atoms in total. The van der Waals surface area contributed by atoms with Gasteiger partial charge in [-0.05, 0) is 43.2 Å². The van der Waals surface area contributed by atoms with Crippen LogP contribution in [0.3, 0.4) is 0 Å². The SMILES string of the molecule is Cc1ccc(C(=O)N2CCN(CC(=O)NC(C)c3ccccc3Cl)CC2)cc1F. The summed E-state index contributed by atoms with van der Waals surface area (Å²) in [6.45, 7) is 6.01. The van der Waals surface area contributed by atoms with E-state index >= 15 is 0 Å². The van der Waals surface area contributed by atoms with Crippen LogP contribution in [-0.2, 0) is 4.79 Å². The quantitative estimate of drug-likeness (QED) is 0.811. The highest BCUT2D eigenvalue weighted by atomic mass is 35.5. The zero-order chi connectivity index (χ0) is 21.0. The Morgan fingerprint density at radius 3 is 2.48 bits per heavy atom. The van der Waals surface area contributed by atoms with Gasteiger partial charge in [-0.15, -0.1) is 0 Å². The molecule has 0 aliphatic carbocycles. The van der Waals surface area contributed by atoms with E-state index in [1.165, 1.54) is 6.07 Å². The highest BCUT2D eigenvalue weighted by molar-refractivity contribution is 6.31. The predicted octanol–water partition coefficient (Wildman–Crippen LogP) is 3.42. The minimum atomic E-state index is -0.376. The van der Waals surface area contributed by atoms with Crippen molar-refractivity contribution in [3.05, 3.63) is 70.0 Å². The van der Waals surface area contributed by atoms with Gasteiger partial charge in [0, 0.05) is 36.8 Å². The van der Waals surface area contributed by atoms with Gasteiger partial charge in [-0.3, -0.25) is 14.5 Å². The van der Waals surface area contributed by atoms with Crippen molar-refractivity contribution >= 4 is 23.4 Å². The van der Waals surface area contributed by atoms with Gasteiger partial charge in [0.05, 0.1) is 12.6 Å². The molecule has 2 aromatic rings. The van der Waals surface area contributed by atoms with E-state index in [0.29, 0.717) is 42.3 Å². The van der Waals surface area contributed by atoms with E-state index in [4.69, 9.17) is 11.6 Å². The Bertz CT molecular complexity index is 897. The van der Waals surface area contributed by atoms with Crippen molar-refractivity contribution in [2.24, 2.45) is 0 Å². The monoisotopic (exact) mass is 417 g/mol. The molecule has 1 fully saturated rings. The van der Waals surface area contributed by atoms with Crippen LogP contribution in [0, 0.1) is 12.7 Å². The van der Waals surface area contributed by atoms with Crippen LogP contribution in [-0.4, -0.2) is 54.3 Å². The van der Waals surface area contributed by atoms with Crippen LogP contribution in [0.5, 0.6) is 0 Å². The van der Waals surface area contributed by atoms with Crippen LogP contribution < -0.4 is 5.32 Å². The predicted molar refractivity (Wildman–Crippen MR) is 111 cm³/mol. The third kappa shape index (κ3) is 5.34. The van der Waals surface area contributed by atoms with Crippen LogP contribution in [0.15, 0.2) is 42.5 Å². The summed E-state index contributed by atoms with van der Waals surface area (Å²) in [5.74, 6) is -0.642. The standard InChI is InChI=1S/C22H25ClFN3O2/c1-15-7-8-17(13-20(15)24)22(29)27-11-9-26(10-12-27)14-21(28)25-16(2)18-5-3-4-6-19(18)23/h3-8,13,16H,9-12,14H2,1-2H3,(H,25,28). The van der Waals surface area contributed by atoms with Crippen LogP contribution in [0.4, 0.5) is 4.39 Å². The number of nitrogens with zero attached hydrogens (tertiary/aromatic N) is 2. The van der Waals surface area contributed by atoms with Crippen molar-refractivity contribution in [1.29, 1.82) is 0 Å². The van der Waals surface area contributed by atoms with Gasteiger partial charge < -0.3 is 10.2 Å². The number of amides is 2. The summed E-state index contributed by atoms with van der Waals surface area (Å²) in [6, 6.07) is 11.8. The van der Waals surface area contributed by atoms with Gasteiger partial charge in [-0.25, -0.2) is 4.39 Å². The average molecular weight is 418 g/mol. The third-order valence-electron chi connectivity index (χ3n) is 5.19. The molecular weight excluding hydrogens is 393 g/mol. The topological polar surface area (TPSA) is 52.7 Å². The lowest BCUT2D eigenvalue weighted by Gasteiger charge is -2.34. The normalized spacial score (nSPS) is 15.8. The Labute approximate surface area is 175 Å². The maximum atomic E-state index is 13.7. The molecule has 0 bridgehead atoms. The summed E-state index contributed by atoms with van der Waals surface area (Å²) < 4.78 is 13.7. The second-order valence-electron chi connectivity index (χ2n) is 7.34. The second kappa shape index (κ2) is 9.37. The number of benzene rings is 2. The summed E-state index contributed by atoms with van der Waals surface area (Å²) in [5, 5.41) is 3.59. The number of hydrogen-bond donors (Lipinski definition) is 1. The fourth-order valence-electron chi connectivity index (χ4n) is 3.41. The number of nitrogens with one attached hydrogen (secondary N) is 1. The first-order valence-electron chi connectivity index (χ1n) is 9.66. The van der Waals surface area contributed by atoms with Crippen molar-refractivity contribution < 1.29 is 14.0 Å². The van der Waals surface area contributed by atoms with Crippen molar-refractivity contribution in [3.8, 4) is 0 Å². The van der Waals surface area contributed by atoms with Gasteiger partial charge in [-0.2, -0.15) is 0 Å². The number of carbonyl (C=O) groups is 2. The van der Waals surface area contributed by atoms with Crippen molar-refractivity contribution in [3.63, 3.8) is 0 Å². The molecule has 1 aliphatic heterocycles. The van der Waals surface area contributed by atoms with E-state index in [1.807, 2.05) is 30.0 Å². The third-order valence-corrected chi connectivity index (χ3v) is 5.54. The number of carbonyl (C=O) groups excluding carboxylic acids is 2. The van der Waals surface area contributed by atoms with E-state index < -0.39 is 0 Å². The smallest absolute Gasteiger partial charge is 0.254 e. The van der Waals surface area contributed by atoms with Crippen molar-refractivity contribution in [2.75, 3.05) is 32.7 Å². The largest absolute Gasteiger partial charge is 0.348 e. The molecule has 0 spiro atoms. The summed E-state index contributed by atoms with van der Waals surface area (Å²) in [7, 11) is 0. The number of hydrogen-bond acceptors (Lipinski definition) is 3. The van der Waals surface area contributed by atoms with Gasteiger partial charge >= 0.3 is 0 Å². The lowest BCUT2D eigenvalue weighted by Crippen LogP contribution is -2.51. The van der Waals surface area contributed by atoms with Crippen LogP contribution >= 0.6 is 11.6 Å². The zero-order valence-electron chi connectivity index (χ0n) is 16.6. The molecule has 2 aromatic carbocycles. The fraction of sp³-hybridized carbons (Fsp3) is 0.364. The summed E-state index contributed by atoms with van der Waals surface area (Å²) in [6.07, 6.45) is 0. The van der Waals surface area contributed by atoms with E-state index in [-0.39, 0.29) is 30.2 Å². The van der Waals surface area contributed by atoms with Crippen molar-refractivity contribution in [1.82, 2.24) is 15.1 Å². The summed E-state index contributed by atoms with van der Waals surface area (Å²) in [4.78, 5) is 28.7. The minimum absolute atomic E-state index is 0.0854. The molecule has 1 N–H and O–H groups in total. The molecule has 29 heavy (non-hydrogen) atoms. The Hall–Kier alpha value is -2.44. The van der Waals surface area contributed by atoms with Gasteiger partial charge in [0.25, 0.3) is 5.91 Å². The van der Waals surface area contributed by atoms with Crippen molar-refractivity contribution in [2.45, 2.75) is 19.9 Å². The minimum Gasteiger partial charge on any atom is -0.348 e. The van der Waals surface area contributed by atoms with Gasteiger partial charge in [0.15, 0.2) is 0 Å². The average Bonchev–Trinajstić information content (AvgIpc) is 2.70. The van der Waals surface area contributed by atoms with E-state index in [0.717, 1.165) is 5.56 Å². The Morgan fingerprint density at radius 2 is 1.83 bits per heavy atom. The zero-order valence-corrected chi connectivity index (χ0v) is 17.4. The van der Waals surface area contributed by atoms with Gasteiger partial charge in [0.1, 0.15) is 5.82 Å². The summed E-state index contributed by atoms with van der Waals surface area (Å²) >= 11 is 6.19. The molecule has 1 aliphatic rings. The van der Waals surface area contributed by atoms with Gasteiger partial charge in [-0.1, -0.05) is 35.9 Å². The number of halogens is 2. The Kier molecular flexibility index (Phi) is 6.87. The Balaban J connectivity index is 1.49. The van der Waals surface area contributed by atoms with Crippen LogP contribution in [0.2, 0.25) is 5.02 Å². The first kappa shape index (κ1) is 21.3. The maximum Gasteiger partial charge on any atom is 0.254 e. The number of rotatable bonds is 5. The van der Waals surface area contributed by atoms with E-state index in [9.17, 15) is 14.0 Å². The number of aryl methyl sites for hydroxylation is 1. The van der Waals surface area contributed by atoms with Crippen LogP contribution in [0.1, 0.15) is 34.5 Å². The lowest BCUT2D eigenvalue weighted by molar-refractivity contribution is -0.123. The molecule has 1 atom stereocenters. The molecule has 1 saturated heterocycles. The molecule has 3 rings (SSSR count). The number of piperazine rings is 1. The molecule has 0 saturated carbocycles. The Morgan fingerprint density at radius 1 is 1.14 bits per heavy atom. The summed E-state index contributed by atoms with van der Waals surface area (Å²) in [5.41, 5.74) is 1.75. The van der Waals surface area contributed by atoms with Crippen LogP contribution in [0.25, 0.3) is 0 Å². The second-order valence-corrected chi connectivity index (χ2v) is 7.75. The fourth-order valence-corrected chi connectivity index (χ4v) is 3.71. The molecule has 0 radical (unpaired) electrons. The molecule has 154 valence electrons. The van der Waals surface area contributed by atoms with E-state index in [2.05, 4.69) is 5.32 Å². The first-order chi connectivity index (χ1) is 13.8. The highest BCUT2D eigenvalue weighted by Gasteiger charge is 2.24. The van der Waals surface area contributed by atoms with E-state index in [1.54, 1.807) is 30.0 Å². The molecule has 1 heterocycles. The maximum absolute atomic E-state index is 13.7. The lowest BCUT2D eigenvalue weighted by atomic mass is 10.1. The first-order valence-corrected chi connectivity index (χ1v) is 10.0. The molecule has 0 aromatic heterocycles. The molecule has 1 unspecified atom stereocenters. The molecule has 7 heteroatoms. The molecular formula is C22H25ClFN3O2. The molecule has 2 amide bonds. The highest BCUT2D eigenvalue weighted by Crippen LogP contribution is 2.22. The van der Waals surface area contributed by atoms with Gasteiger partial charge in [0.2, 0.25) is 5.91 Å².